The van der Waals surface area contributed by atoms with Gasteiger partial charge in [-0.05, 0) is 24.7 Å². The number of aryl methyl sites for hydroxylation is 1. The maximum absolute atomic E-state index is 12.4. The zero-order valence-corrected chi connectivity index (χ0v) is 15.0. The van der Waals surface area contributed by atoms with Crippen molar-refractivity contribution in [3.05, 3.63) is 17.5 Å². The number of aliphatic hydroxyl groups excluding tert-OH is 1. The van der Waals surface area contributed by atoms with Gasteiger partial charge in [0, 0.05) is 25.1 Å². The van der Waals surface area contributed by atoms with E-state index >= 15 is 0 Å². The molecule has 1 amide bonds. The summed E-state index contributed by atoms with van der Waals surface area (Å²) in [5.41, 5.74) is 0.338. The highest BCUT2D eigenvalue weighted by atomic mass is 16.5. The van der Waals surface area contributed by atoms with E-state index in [-0.39, 0.29) is 24.5 Å². The number of unbranched alkanes of at least 4 members (excludes halogenated alkanes) is 1. The van der Waals surface area contributed by atoms with Gasteiger partial charge in [-0.2, -0.15) is 0 Å². The van der Waals surface area contributed by atoms with Gasteiger partial charge in [0.05, 0.1) is 0 Å². The van der Waals surface area contributed by atoms with E-state index in [9.17, 15) is 9.90 Å². The van der Waals surface area contributed by atoms with Crippen molar-refractivity contribution in [1.82, 2.24) is 10.5 Å². The summed E-state index contributed by atoms with van der Waals surface area (Å²) < 4.78 is 5.10. The fraction of sp³-hybridized carbons (Fsp3) is 0.778. The van der Waals surface area contributed by atoms with Gasteiger partial charge in [0.1, 0.15) is 5.76 Å². The second kappa shape index (κ2) is 10.4. The van der Waals surface area contributed by atoms with Crippen LogP contribution < -0.4 is 5.32 Å². The Labute approximate surface area is 139 Å². The number of rotatable bonds is 11. The molecule has 2 N–H and O–H groups in total. The minimum atomic E-state index is -0.189. The summed E-state index contributed by atoms with van der Waals surface area (Å²) in [5, 5.41) is 16.2. The van der Waals surface area contributed by atoms with Crippen LogP contribution in [0.2, 0.25) is 0 Å². The van der Waals surface area contributed by atoms with Crippen molar-refractivity contribution in [2.24, 2.45) is 11.8 Å². The normalized spacial score (nSPS) is 15.2. The molecule has 132 valence electrons. The first-order chi connectivity index (χ1) is 11.0. The molecular formula is C18H32N2O3. The van der Waals surface area contributed by atoms with Crippen molar-refractivity contribution in [3.8, 4) is 0 Å². The van der Waals surface area contributed by atoms with E-state index in [1.165, 1.54) is 19.3 Å². The Bertz CT molecular complexity index is 459. The van der Waals surface area contributed by atoms with Gasteiger partial charge in [-0.15, -0.1) is 0 Å². The first-order valence-corrected chi connectivity index (χ1v) is 8.87. The summed E-state index contributed by atoms with van der Waals surface area (Å²) in [6.45, 7) is 8.52. The second-order valence-corrected chi connectivity index (χ2v) is 6.71. The lowest BCUT2D eigenvalue weighted by molar-refractivity contribution is 0.0910. The Balaban J connectivity index is 2.64. The lowest BCUT2D eigenvalue weighted by Gasteiger charge is -2.24. The molecule has 0 saturated carbocycles. The Kier molecular flexibility index (Phi) is 8.92. The third-order valence-electron chi connectivity index (χ3n) is 4.21. The smallest absolute Gasteiger partial charge is 0.273 e. The summed E-state index contributed by atoms with van der Waals surface area (Å²) in [4.78, 5) is 12.4. The summed E-state index contributed by atoms with van der Waals surface area (Å²) in [6.07, 6.45) is 5.99. The number of nitrogens with zero attached hydrogens (tertiary/aromatic N) is 1. The van der Waals surface area contributed by atoms with Crippen molar-refractivity contribution in [2.45, 2.75) is 72.3 Å². The predicted octanol–water partition coefficient (Wildman–Crippen LogP) is 3.57. The predicted molar refractivity (Wildman–Crippen MR) is 91.3 cm³/mol. The van der Waals surface area contributed by atoms with Gasteiger partial charge in [-0.3, -0.25) is 4.79 Å². The number of amides is 1. The van der Waals surface area contributed by atoms with Crippen molar-refractivity contribution in [3.63, 3.8) is 0 Å². The van der Waals surface area contributed by atoms with Crippen LogP contribution in [0.4, 0.5) is 0 Å². The highest BCUT2D eigenvalue weighted by Crippen LogP contribution is 2.19. The molecule has 0 saturated heterocycles. The topological polar surface area (TPSA) is 75.4 Å². The molecule has 0 bridgehead atoms. The van der Waals surface area contributed by atoms with Crippen molar-refractivity contribution in [1.29, 1.82) is 0 Å². The first-order valence-electron chi connectivity index (χ1n) is 8.87. The van der Waals surface area contributed by atoms with Gasteiger partial charge < -0.3 is 14.9 Å². The van der Waals surface area contributed by atoms with Crippen LogP contribution in [-0.4, -0.2) is 28.8 Å². The third-order valence-corrected chi connectivity index (χ3v) is 4.21. The van der Waals surface area contributed by atoms with E-state index in [2.05, 4.69) is 24.3 Å². The number of hydrogen-bond donors (Lipinski definition) is 2. The molecule has 0 radical (unpaired) electrons. The van der Waals surface area contributed by atoms with Crippen molar-refractivity contribution >= 4 is 5.91 Å². The Morgan fingerprint density at radius 2 is 2.00 bits per heavy atom. The molecule has 1 aromatic rings. The third kappa shape index (κ3) is 7.16. The average molecular weight is 324 g/mol. The summed E-state index contributed by atoms with van der Waals surface area (Å²) >= 11 is 0. The van der Waals surface area contributed by atoms with Gasteiger partial charge >= 0.3 is 0 Å². The number of aliphatic hydroxyl groups is 1. The molecule has 0 fully saturated rings. The van der Waals surface area contributed by atoms with Crippen LogP contribution in [0.15, 0.2) is 10.6 Å². The van der Waals surface area contributed by atoms with Gasteiger partial charge in [-0.1, -0.05) is 52.1 Å². The van der Waals surface area contributed by atoms with E-state index in [4.69, 9.17) is 4.52 Å². The van der Waals surface area contributed by atoms with Crippen LogP contribution in [0, 0.1) is 11.8 Å². The monoisotopic (exact) mass is 324 g/mol. The number of nitrogens with one attached hydrogen (secondary N) is 1. The molecule has 23 heavy (non-hydrogen) atoms. The zero-order valence-electron chi connectivity index (χ0n) is 15.0. The van der Waals surface area contributed by atoms with Crippen LogP contribution in [0.5, 0.6) is 0 Å². The molecule has 5 nitrogen and oxygen atoms in total. The summed E-state index contributed by atoms with van der Waals surface area (Å²) in [7, 11) is 0. The van der Waals surface area contributed by atoms with Crippen LogP contribution in [0.25, 0.3) is 0 Å². The molecule has 5 heteroatoms. The standard InChI is InChI=1S/C18H32N2O3/c1-5-7-8-13(3)9-15(10-14(4)12-21)19-18(22)17-11-16(6-2)23-20-17/h11,13-15,21H,5-10,12H2,1-4H3,(H,19,22)/t13?,14-,15-/m1/s1. The fourth-order valence-corrected chi connectivity index (χ4v) is 2.78. The van der Waals surface area contributed by atoms with Crippen LogP contribution >= 0.6 is 0 Å². The van der Waals surface area contributed by atoms with E-state index < -0.39 is 0 Å². The van der Waals surface area contributed by atoms with E-state index in [1.807, 2.05) is 13.8 Å². The molecule has 1 aromatic heterocycles. The van der Waals surface area contributed by atoms with Gasteiger partial charge in [0.2, 0.25) is 0 Å². The Morgan fingerprint density at radius 1 is 1.30 bits per heavy atom. The van der Waals surface area contributed by atoms with Gasteiger partial charge in [0.15, 0.2) is 5.69 Å². The van der Waals surface area contributed by atoms with Crippen LogP contribution in [0.3, 0.4) is 0 Å². The first kappa shape index (κ1) is 19.7. The lowest BCUT2D eigenvalue weighted by Crippen LogP contribution is -2.37. The van der Waals surface area contributed by atoms with E-state index in [1.54, 1.807) is 6.07 Å². The van der Waals surface area contributed by atoms with Gasteiger partial charge in [-0.25, -0.2) is 0 Å². The highest BCUT2D eigenvalue weighted by Gasteiger charge is 2.21. The number of hydrogen-bond acceptors (Lipinski definition) is 4. The molecule has 1 rings (SSSR count). The Hall–Kier alpha value is -1.36. The SMILES string of the molecule is CCCCC(C)C[C@H](C[C@@H](C)CO)NC(=O)c1cc(CC)on1. The second-order valence-electron chi connectivity index (χ2n) is 6.71. The molecule has 0 aliphatic carbocycles. The van der Waals surface area contributed by atoms with E-state index in [0.29, 0.717) is 17.4 Å². The fourth-order valence-electron chi connectivity index (χ4n) is 2.78. The maximum atomic E-state index is 12.4. The lowest BCUT2D eigenvalue weighted by atomic mass is 9.91. The average Bonchev–Trinajstić information content (AvgIpc) is 3.01. The maximum Gasteiger partial charge on any atom is 0.273 e. The van der Waals surface area contributed by atoms with Crippen LogP contribution in [0.1, 0.15) is 76.0 Å². The molecule has 0 aromatic carbocycles. The zero-order chi connectivity index (χ0) is 17.2. The molecule has 0 aliphatic rings. The summed E-state index contributed by atoms with van der Waals surface area (Å²) in [5.74, 6) is 1.25. The molecular weight excluding hydrogens is 292 g/mol. The minimum Gasteiger partial charge on any atom is -0.396 e. The molecule has 0 spiro atoms. The van der Waals surface area contributed by atoms with Crippen molar-refractivity contribution in [2.75, 3.05) is 6.61 Å². The quantitative estimate of drug-likeness (QED) is 0.652. The molecule has 1 unspecified atom stereocenters. The molecule has 3 atom stereocenters. The number of carbonyl (C=O) groups excluding carboxylic acids is 1. The van der Waals surface area contributed by atoms with Crippen LogP contribution in [-0.2, 0) is 6.42 Å². The summed E-state index contributed by atoms with van der Waals surface area (Å²) in [6, 6.07) is 1.75. The Morgan fingerprint density at radius 3 is 2.57 bits per heavy atom. The van der Waals surface area contributed by atoms with Crippen molar-refractivity contribution < 1.29 is 14.4 Å². The van der Waals surface area contributed by atoms with Gasteiger partial charge in [0.25, 0.3) is 5.91 Å². The van der Waals surface area contributed by atoms with E-state index in [0.717, 1.165) is 19.3 Å². The highest BCUT2D eigenvalue weighted by molar-refractivity contribution is 5.92. The largest absolute Gasteiger partial charge is 0.396 e. The minimum absolute atomic E-state index is 0.0540. The number of aromatic nitrogens is 1. The molecule has 1 heterocycles. The number of carbonyl (C=O) groups is 1. The molecule has 0 aliphatic heterocycles.